The molecule has 0 saturated heterocycles. The van der Waals surface area contributed by atoms with E-state index in [1.807, 2.05) is 0 Å². The Balaban J connectivity index is 2.76. The van der Waals surface area contributed by atoms with E-state index in [0.29, 0.717) is 0 Å². The van der Waals surface area contributed by atoms with Crippen molar-refractivity contribution in [1.82, 2.24) is 0 Å². The largest absolute Gasteiger partial charge is 0.481 e. The Labute approximate surface area is 103 Å². The molecular formula is C12H22O4S. The van der Waals surface area contributed by atoms with Crippen LogP contribution < -0.4 is 0 Å². The van der Waals surface area contributed by atoms with E-state index in [2.05, 4.69) is 0 Å². The monoisotopic (exact) mass is 262 g/mol. The highest BCUT2D eigenvalue weighted by Gasteiger charge is 2.48. The summed E-state index contributed by atoms with van der Waals surface area (Å²) in [5, 5.41) is 9.25. The summed E-state index contributed by atoms with van der Waals surface area (Å²) >= 11 is 0. The maximum atomic E-state index is 12.0. The summed E-state index contributed by atoms with van der Waals surface area (Å²) in [6, 6.07) is 0. The molecule has 0 radical (unpaired) electrons. The van der Waals surface area contributed by atoms with Crippen molar-refractivity contribution in [3.8, 4) is 0 Å². The predicted octanol–water partition coefficient (Wildman–Crippen LogP) is 2.09. The van der Waals surface area contributed by atoms with Crippen LogP contribution in [0.25, 0.3) is 0 Å². The van der Waals surface area contributed by atoms with Gasteiger partial charge in [0.2, 0.25) is 0 Å². The average Bonchev–Trinajstić information content (AvgIpc) is 2.95. The number of carboxylic acid groups (broad SMARTS) is 1. The molecule has 1 aliphatic rings. The van der Waals surface area contributed by atoms with Gasteiger partial charge in [-0.1, -0.05) is 0 Å². The summed E-state index contributed by atoms with van der Waals surface area (Å²) in [6.07, 6.45) is 2.02. The third-order valence-corrected chi connectivity index (χ3v) is 6.40. The number of carboxylic acids is 1. The lowest BCUT2D eigenvalue weighted by Gasteiger charge is -2.27. The van der Waals surface area contributed by atoms with Gasteiger partial charge in [0.25, 0.3) is 0 Å². The molecule has 0 aromatic heterocycles. The first-order valence-corrected chi connectivity index (χ1v) is 7.61. The highest BCUT2D eigenvalue weighted by atomic mass is 32.2. The maximum absolute atomic E-state index is 12.0. The zero-order valence-electron chi connectivity index (χ0n) is 11.0. The number of rotatable bonds is 5. The summed E-state index contributed by atoms with van der Waals surface area (Å²) in [6.45, 7) is 6.62. The van der Waals surface area contributed by atoms with E-state index in [9.17, 15) is 18.3 Å². The summed E-state index contributed by atoms with van der Waals surface area (Å²) in [4.78, 5) is 11.3. The molecule has 4 nitrogen and oxygen atoms in total. The van der Waals surface area contributed by atoms with Crippen molar-refractivity contribution in [3.63, 3.8) is 0 Å². The van der Waals surface area contributed by atoms with Crippen LogP contribution in [0.5, 0.6) is 0 Å². The van der Waals surface area contributed by atoms with E-state index in [4.69, 9.17) is 0 Å². The van der Waals surface area contributed by atoms with Crippen molar-refractivity contribution in [3.05, 3.63) is 0 Å². The highest BCUT2D eigenvalue weighted by Crippen LogP contribution is 2.48. The summed E-state index contributed by atoms with van der Waals surface area (Å²) < 4.78 is 23.1. The van der Waals surface area contributed by atoms with Crippen molar-refractivity contribution in [2.45, 2.75) is 51.7 Å². The molecular weight excluding hydrogens is 240 g/mol. The van der Waals surface area contributed by atoms with Gasteiger partial charge < -0.3 is 5.11 Å². The minimum absolute atomic E-state index is 0.0458. The summed E-state index contributed by atoms with van der Waals surface area (Å²) in [5.41, 5.74) is -0.877. The standard InChI is InChI=1S/C12H22O4S/c1-11(2,3)17(15,16)8-7-12(4,10(13)14)9-5-6-9/h9H,5-8H2,1-4H3,(H,13,14). The van der Waals surface area contributed by atoms with E-state index in [0.717, 1.165) is 12.8 Å². The zero-order chi connectivity index (χ0) is 13.5. The van der Waals surface area contributed by atoms with Crippen molar-refractivity contribution in [1.29, 1.82) is 0 Å². The molecule has 100 valence electrons. The quantitative estimate of drug-likeness (QED) is 0.823. The minimum Gasteiger partial charge on any atom is -0.481 e. The lowest BCUT2D eigenvalue weighted by molar-refractivity contribution is -0.149. The zero-order valence-corrected chi connectivity index (χ0v) is 11.8. The molecule has 1 saturated carbocycles. The number of hydrogen-bond acceptors (Lipinski definition) is 3. The van der Waals surface area contributed by atoms with Crippen molar-refractivity contribution in [2.24, 2.45) is 11.3 Å². The molecule has 1 unspecified atom stereocenters. The molecule has 0 heterocycles. The molecule has 0 aromatic carbocycles. The summed E-state index contributed by atoms with van der Waals surface area (Å²) in [5.74, 6) is -0.769. The van der Waals surface area contributed by atoms with Crippen molar-refractivity contribution < 1.29 is 18.3 Å². The van der Waals surface area contributed by atoms with Crippen LogP contribution in [0.15, 0.2) is 0 Å². The number of carbonyl (C=O) groups is 1. The van der Waals surface area contributed by atoms with Gasteiger partial charge in [-0.25, -0.2) is 8.42 Å². The van der Waals surface area contributed by atoms with E-state index < -0.39 is 26.0 Å². The van der Waals surface area contributed by atoms with Crippen molar-refractivity contribution in [2.75, 3.05) is 5.75 Å². The smallest absolute Gasteiger partial charge is 0.309 e. The Kier molecular flexibility index (Phi) is 3.63. The molecule has 0 aliphatic heterocycles. The van der Waals surface area contributed by atoms with E-state index >= 15 is 0 Å². The molecule has 1 rings (SSSR count). The summed E-state index contributed by atoms with van der Waals surface area (Å²) in [7, 11) is -3.23. The molecule has 17 heavy (non-hydrogen) atoms. The van der Waals surface area contributed by atoms with Crippen LogP contribution in [-0.2, 0) is 14.6 Å². The van der Waals surface area contributed by atoms with Crippen LogP contribution >= 0.6 is 0 Å². The second-order valence-electron chi connectivity index (χ2n) is 6.18. The number of aliphatic carboxylic acids is 1. The second-order valence-corrected chi connectivity index (χ2v) is 9.04. The van der Waals surface area contributed by atoms with E-state index in [1.165, 1.54) is 0 Å². The Bertz CT molecular complexity index is 401. The molecule has 1 N–H and O–H groups in total. The lowest BCUT2D eigenvalue weighted by atomic mass is 9.82. The minimum atomic E-state index is -3.23. The van der Waals surface area contributed by atoms with Crippen LogP contribution in [0.4, 0.5) is 0 Å². The number of hydrogen-bond donors (Lipinski definition) is 1. The molecule has 1 fully saturated rings. The lowest BCUT2D eigenvalue weighted by Crippen LogP contribution is -2.36. The van der Waals surface area contributed by atoms with Crippen LogP contribution in [0.2, 0.25) is 0 Å². The first-order chi connectivity index (χ1) is 7.51. The molecule has 1 atom stereocenters. The van der Waals surface area contributed by atoms with Gasteiger partial charge in [0, 0.05) is 0 Å². The topological polar surface area (TPSA) is 71.4 Å². The molecule has 1 aliphatic carbocycles. The van der Waals surface area contributed by atoms with Gasteiger partial charge in [-0.3, -0.25) is 4.79 Å². The van der Waals surface area contributed by atoms with Gasteiger partial charge in [-0.05, 0) is 52.9 Å². The van der Waals surface area contributed by atoms with Crippen LogP contribution in [-0.4, -0.2) is 30.0 Å². The normalized spacial score (nSPS) is 20.9. The van der Waals surface area contributed by atoms with Gasteiger partial charge in [0.1, 0.15) is 0 Å². The third kappa shape index (κ3) is 3.00. The first-order valence-electron chi connectivity index (χ1n) is 5.96. The van der Waals surface area contributed by atoms with Gasteiger partial charge in [0.05, 0.1) is 15.9 Å². The van der Waals surface area contributed by atoms with Crippen molar-refractivity contribution >= 4 is 15.8 Å². The molecule has 0 amide bonds. The first kappa shape index (κ1) is 14.5. The van der Waals surface area contributed by atoms with E-state index in [1.54, 1.807) is 27.7 Å². The fraction of sp³-hybridized carbons (Fsp3) is 0.917. The molecule has 0 bridgehead atoms. The molecule has 5 heteroatoms. The van der Waals surface area contributed by atoms with Gasteiger partial charge >= 0.3 is 5.97 Å². The van der Waals surface area contributed by atoms with Crippen LogP contribution in [0.1, 0.15) is 47.0 Å². The van der Waals surface area contributed by atoms with Gasteiger partial charge in [-0.2, -0.15) is 0 Å². The Morgan fingerprint density at radius 2 is 1.71 bits per heavy atom. The number of sulfone groups is 1. The van der Waals surface area contributed by atoms with Gasteiger partial charge in [-0.15, -0.1) is 0 Å². The Hall–Kier alpha value is -0.580. The SMILES string of the molecule is CC(CCS(=O)(=O)C(C)(C)C)(C(=O)O)C1CC1. The van der Waals surface area contributed by atoms with Crippen LogP contribution in [0.3, 0.4) is 0 Å². The second kappa shape index (κ2) is 4.26. The van der Waals surface area contributed by atoms with E-state index in [-0.39, 0.29) is 18.1 Å². The Morgan fingerprint density at radius 3 is 2.00 bits per heavy atom. The maximum Gasteiger partial charge on any atom is 0.309 e. The van der Waals surface area contributed by atoms with Gasteiger partial charge in [0.15, 0.2) is 9.84 Å². The average molecular weight is 262 g/mol. The Morgan fingerprint density at radius 1 is 1.24 bits per heavy atom. The fourth-order valence-corrected chi connectivity index (χ4v) is 3.16. The molecule has 0 spiro atoms. The molecule has 0 aromatic rings. The third-order valence-electron chi connectivity index (χ3n) is 3.79. The predicted molar refractivity (Wildman–Crippen MR) is 66.6 cm³/mol. The highest BCUT2D eigenvalue weighted by molar-refractivity contribution is 7.92. The van der Waals surface area contributed by atoms with Crippen LogP contribution in [0, 0.1) is 11.3 Å². The fourth-order valence-electron chi connectivity index (χ4n) is 1.86.